The molecule has 0 spiro atoms. The maximum Gasteiger partial charge on any atom is 0.265 e. The molecule has 2 aromatic carbocycles. The van der Waals surface area contributed by atoms with Gasteiger partial charge in [-0.3, -0.25) is 9.36 Å². The first-order valence-corrected chi connectivity index (χ1v) is 9.13. The van der Waals surface area contributed by atoms with Crippen LogP contribution in [0.5, 0.6) is 0 Å². The fourth-order valence-corrected chi connectivity index (χ4v) is 3.30. The molecule has 3 aromatic heterocycles. The van der Waals surface area contributed by atoms with Gasteiger partial charge in [-0.2, -0.15) is 9.78 Å². The number of nitrogens with zero attached hydrogens (tertiary/aromatic N) is 6. The first-order valence-electron chi connectivity index (χ1n) is 9.13. The lowest BCUT2D eigenvalue weighted by molar-refractivity contribution is 0.763. The van der Waals surface area contributed by atoms with E-state index in [0.29, 0.717) is 34.3 Å². The second-order valence-corrected chi connectivity index (χ2v) is 6.54. The minimum Gasteiger partial charge on any atom is -0.295 e. The van der Waals surface area contributed by atoms with Crippen molar-refractivity contribution in [2.75, 3.05) is 0 Å². The minimum atomic E-state index is -0.196. The van der Waals surface area contributed by atoms with Crippen molar-refractivity contribution in [1.82, 2.24) is 24.2 Å². The molecule has 0 aliphatic carbocycles. The maximum atomic E-state index is 13.1. The zero-order chi connectivity index (χ0) is 19.8. The largest absolute Gasteiger partial charge is 0.295 e. The molecular weight excluding hydrogens is 364 g/mol. The predicted molar refractivity (Wildman–Crippen MR) is 114 cm³/mol. The highest BCUT2D eigenvalue weighted by atomic mass is 16.1. The first-order chi connectivity index (χ1) is 14.3. The Morgan fingerprint density at radius 3 is 2.45 bits per heavy atom. The summed E-state index contributed by atoms with van der Waals surface area (Å²) in [5, 5.41) is 4.97. The van der Waals surface area contributed by atoms with Gasteiger partial charge < -0.3 is 0 Å². The maximum absolute atomic E-state index is 13.1. The topological polar surface area (TPSA) is 78.0 Å². The van der Waals surface area contributed by atoms with Crippen LogP contribution in [0.3, 0.4) is 0 Å². The van der Waals surface area contributed by atoms with Crippen LogP contribution < -0.4 is 5.56 Å². The van der Waals surface area contributed by atoms with Crippen LogP contribution >= 0.6 is 0 Å². The second kappa shape index (κ2) is 6.79. The quantitative estimate of drug-likeness (QED) is 0.354. The van der Waals surface area contributed by atoms with Crippen LogP contribution in [0.15, 0.2) is 83.5 Å². The Kier molecular flexibility index (Phi) is 3.98. The van der Waals surface area contributed by atoms with Gasteiger partial charge in [-0.15, -0.1) is 6.58 Å². The van der Waals surface area contributed by atoms with Crippen molar-refractivity contribution < 1.29 is 0 Å². The van der Waals surface area contributed by atoms with Gasteiger partial charge in [-0.1, -0.05) is 48.5 Å². The van der Waals surface area contributed by atoms with Crippen LogP contribution in [0.25, 0.3) is 33.2 Å². The van der Waals surface area contributed by atoms with Gasteiger partial charge in [0.25, 0.3) is 5.56 Å². The lowest BCUT2D eigenvalue weighted by Gasteiger charge is -2.01. The summed E-state index contributed by atoms with van der Waals surface area (Å²) in [6.07, 6.45) is 4.87. The van der Waals surface area contributed by atoms with Crippen molar-refractivity contribution >= 4 is 39.4 Å². The number of hydrogen-bond donors (Lipinski definition) is 0. The Hall–Kier alpha value is -4.13. The normalized spacial score (nSPS) is 11.7. The van der Waals surface area contributed by atoms with Gasteiger partial charge >= 0.3 is 0 Å². The molecule has 0 unspecified atom stereocenters. The summed E-state index contributed by atoms with van der Waals surface area (Å²) >= 11 is 0. The molecule has 0 bridgehead atoms. The number of fused-ring (bicyclic) bond motifs is 4. The Morgan fingerprint density at radius 1 is 0.966 bits per heavy atom. The number of aromatic nitrogens is 5. The van der Waals surface area contributed by atoms with E-state index < -0.39 is 0 Å². The molecule has 140 valence electrons. The number of hydrogen-bond acceptors (Lipinski definition) is 5. The monoisotopic (exact) mass is 380 g/mol. The molecule has 0 atom stereocenters. The Morgan fingerprint density at radius 2 is 1.69 bits per heavy atom. The highest BCUT2D eigenvalue weighted by Crippen LogP contribution is 2.24. The summed E-state index contributed by atoms with van der Waals surface area (Å²) in [6.45, 7) is 4.07. The van der Waals surface area contributed by atoms with Crippen molar-refractivity contribution in [3.63, 3.8) is 0 Å². The van der Waals surface area contributed by atoms with Crippen LogP contribution in [0.1, 0.15) is 5.56 Å². The first kappa shape index (κ1) is 17.0. The van der Waals surface area contributed by atoms with Crippen LogP contribution in [0.2, 0.25) is 0 Å². The predicted octanol–water partition coefficient (Wildman–Crippen LogP) is 3.36. The summed E-state index contributed by atoms with van der Waals surface area (Å²) in [7, 11) is 0. The number of rotatable bonds is 4. The van der Waals surface area contributed by atoms with Crippen LogP contribution in [-0.4, -0.2) is 30.4 Å². The van der Waals surface area contributed by atoms with Gasteiger partial charge in [0, 0.05) is 6.54 Å². The van der Waals surface area contributed by atoms with Gasteiger partial charge in [0.05, 0.1) is 17.2 Å². The number of para-hydroxylation sites is 2. The van der Waals surface area contributed by atoms with E-state index in [9.17, 15) is 4.79 Å². The standard InChI is InChI=1S/C22H16N6O/c1-2-12-27-14-23-20-18(22(27)29)19-21(26-17-11-7-6-10-16(17)25-19)28(20)24-13-15-8-4-3-5-9-15/h2-11,13-14H,1,12H2/b24-13+. The van der Waals surface area contributed by atoms with Crippen molar-refractivity contribution in [1.29, 1.82) is 0 Å². The average Bonchev–Trinajstić information content (AvgIpc) is 3.06. The van der Waals surface area contributed by atoms with Gasteiger partial charge in [0.15, 0.2) is 11.3 Å². The average molecular weight is 380 g/mol. The van der Waals surface area contributed by atoms with Crippen molar-refractivity contribution in [2.45, 2.75) is 6.54 Å². The molecule has 5 aromatic rings. The van der Waals surface area contributed by atoms with Crippen molar-refractivity contribution in [3.8, 4) is 0 Å². The third-order valence-electron chi connectivity index (χ3n) is 4.66. The minimum absolute atomic E-state index is 0.196. The van der Waals surface area contributed by atoms with Crippen molar-refractivity contribution in [2.24, 2.45) is 5.10 Å². The molecule has 0 aliphatic heterocycles. The van der Waals surface area contributed by atoms with E-state index in [2.05, 4.69) is 16.7 Å². The molecule has 0 radical (unpaired) electrons. The molecule has 0 amide bonds. The lowest BCUT2D eigenvalue weighted by Crippen LogP contribution is -2.19. The molecule has 3 heterocycles. The van der Waals surface area contributed by atoms with E-state index in [1.54, 1.807) is 17.0 Å². The second-order valence-electron chi connectivity index (χ2n) is 6.54. The third-order valence-corrected chi connectivity index (χ3v) is 4.66. The molecule has 0 fully saturated rings. The molecule has 7 heteroatoms. The SMILES string of the molecule is C=CCn1cnc2c(c1=O)c1nc3ccccc3nc1n2/N=C/c1ccccc1. The fraction of sp³-hybridized carbons (Fsp3) is 0.0455. The van der Waals surface area contributed by atoms with E-state index in [-0.39, 0.29) is 5.56 Å². The smallest absolute Gasteiger partial charge is 0.265 e. The summed E-state index contributed by atoms with van der Waals surface area (Å²) < 4.78 is 3.08. The summed E-state index contributed by atoms with van der Waals surface area (Å²) in [5.41, 5.74) is 3.57. The summed E-state index contributed by atoms with van der Waals surface area (Å²) in [5.74, 6) is 0. The van der Waals surface area contributed by atoms with Gasteiger partial charge in [0.1, 0.15) is 17.2 Å². The van der Waals surface area contributed by atoms with E-state index in [4.69, 9.17) is 9.97 Å². The molecule has 0 aliphatic rings. The van der Waals surface area contributed by atoms with Crippen molar-refractivity contribution in [3.05, 3.63) is 89.5 Å². The van der Waals surface area contributed by atoms with Crippen LogP contribution in [-0.2, 0) is 6.54 Å². The highest BCUT2D eigenvalue weighted by molar-refractivity contribution is 6.04. The van der Waals surface area contributed by atoms with E-state index in [1.807, 2.05) is 54.6 Å². The molecule has 0 N–H and O–H groups in total. The number of benzene rings is 2. The molecule has 0 saturated heterocycles. The highest BCUT2D eigenvalue weighted by Gasteiger charge is 2.19. The van der Waals surface area contributed by atoms with Gasteiger partial charge in [-0.05, 0) is 17.7 Å². The van der Waals surface area contributed by atoms with Gasteiger partial charge in [-0.25, -0.2) is 15.0 Å². The Bertz CT molecular complexity index is 1460. The number of allylic oxidation sites excluding steroid dienone is 1. The molecule has 0 saturated carbocycles. The van der Waals surface area contributed by atoms with Gasteiger partial charge in [0.2, 0.25) is 0 Å². The Labute approximate surface area is 165 Å². The molecule has 7 nitrogen and oxygen atoms in total. The van der Waals surface area contributed by atoms with E-state index >= 15 is 0 Å². The van der Waals surface area contributed by atoms with E-state index in [0.717, 1.165) is 11.1 Å². The Balaban J connectivity index is 1.87. The van der Waals surface area contributed by atoms with Crippen LogP contribution in [0, 0.1) is 0 Å². The third kappa shape index (κ3) is 2.80. The summed E-state index contributed by atoms with van der Waals surface area (Å²) in [6, 6.07) is 17.3. The molecule has 29 heavy (non-hydrogen) atoms. The fourth-order valence-electron chi connectivity index (χ4n) is 3.30. The molecular formula is C22H16N6O. The lowest BCUT2D eigenvalue weighted by atomic mass is 10.2. The zero-order valence-corrected chi connectivity index (χ0v) is 15.4. The molecule has 5 rings (SSSR count). The zero-order valence-electron chi connectivity index (χ0n) is 15.4. The van der Waals surface area contributed by atoms with Crippen LogP contribution in [0.4, 0.5) is 0 Å². The van der Waals surface area contributed by atoms with E-state index in [1.165, 1.54) is 10.9 Å². The summed E-state index contributed by atoms with van der Waals surface area (Å²) in [4.78, 5) is 27.0.